The molecule has 0 N–H and O–H groups in total. The van der Waals surface area contributed by atoms with E-state index in [-0.39, 0.29) is 0 Å². The van der Waals surface area contributed by atoms with Crippen LogP contribution in [0.25, 0.3) is 60.6 Å². The molecular weight excluding hydrogens is 560 g/mol. The Morgan fingerprint density at radius 3 is 1.87 bits per heavy atom. The van der Waals surface area contributed by atoms with Gasteiger partial charge in [-0.25, -0.2) is 4.98 Å². The van der Waals surface area contributed by atoms with Gasteiger partial charge in [0.2, 0.25) is 0 Å². The molecule has 6 aromatic carbocycles. The van der Waals surface area contributed by atoms with Crippen LogP contribution in [0.15, 0.2) is 170 Å². The summed E-state index contributed by atoms with van der Waals surface area (Å²) in [6, 6.07) is 57.8. The van der Waals surface area contributed by atoms with Crippen molar-refractivity contribution >= 4 is 60.7 Å². The smallest absolute Gasteiger partial charge is 0.0972 e. The van der Waals surface area contributed by atoms with Gasteiger partial charge < -0.3 is 9.47 Å². The fraction of sp³-hybridized carbons (Fsp3) is 0. The number of nitrogens with zero attached hydrogens (tertiary/aromatic N) is 4. The minimum absolute atomic E-state index is 0.929. The number of para-hydroxylation sites is 3. The summed E-state index contributed by atoms with van der Waals surface area (Å²) in [6.07, 6.45) is 1.83. The van der Waals surface area contributed by atoms with Crippen LogP contribution in [0.2, 0.25) is 0 Å². The molecule has 0 spiro atoms. The summed E-state index contributed by atoms with van der Waals surface area (Å²) < 4.78 is 2.36. The zero-order valence-electron chi connectivity index (χ0n) is 25.0. The standard InChI is InChI=1S/C42H28N4/c1-3-11-32(12-4-1)45(33-13-5-2-6-14-33)35-24-26-40-37(28-35)36-15-7-8-16-39(36)46(40)34-22-19-29(20-23-34)38-25-21-31-18-17-30-10-9-27-43-41(30)42(31)44-38/h1-28H. The van der Waals surface area contributed by atoms with Crippen LogP contribution in [0.4, 0.5) is 17.1 Å². The van der Waals surface area contributed by atoms with E-state index in [1.54, 1.807) is 0 Å². The van der Waals surface area contributed by atoms with Crippen LogP contribution in [0.5, 0.6) is 0 Å². The van der Waals surface area contributed by atoms with Crippen molar-refractivity contribution in [3.63, 3.8) is 0 Å². The highest BCUT2D eigenvalue weighted by atomic mass is 15.1. The van der Waals surface area contributed by atoms with Crippen LogP contribution >= 0.6 is 0 Å². The molecule has 0 unspecified atom stereocenters. The summed E-state index contributed by atoms with van der Waals surface area (Å²) in [4.78, 5) is 12.0. The lowest BCUT2D eigenvalue weighted by atomic mass is 10.1. The number of pyridine rings is 2. The normalized spacial score (nSPS) is 11.5. The molecule has 3 heterocycles. The van der Waals surface area contributed by atoms with E-state index in [0.717, 1.165) is 55.8 Å². The van der Waals surface area contributed by atoms with Crippen molar-refractivity contribution in [3.8, 4) is 16.9 Å². The van der Waals surface area contributed by atoms with Crippen molar-refractivity contribution in [3.05, 3.63) is 170 Å². The summed E-state index contributed by atoms with van der Waals surface area (Å²) in [5.74, 6) is 0. The third kappa shape index (κ3) is 4.31. The van der Waals surface area contributed by atoms with Gasteiger partial charge in [0, 0.05) is 56.1 Å². The van der Waals surface area contributed by atoms with Gasteiger partial charge in [-0.2, -0.15) is 0 Å². The average Bonchev–Trinajstić information content (AvgIpc) is 3.46. The molecule has 9 rings (SSSR count). The molecule has 0 aliphatic heterocycles. The highest BCUT2D eigenvalue weighted by Gasteiger charge is 2.17. The Balaban J connectivity index is 1.16. The molecule has 3 aromatic heterocycles. The highest BCUT2D eigenvalue weighted by Crippen LogP contribution is 2.39. The molecule has 9 aromatic rings. The molecule has 0 saturated carbocycles. The Labute approximate surface area is 266 Å². The molecule has 4 nitrogen and oxygen atoms in total. The third-order valence-electron chi connectivity index (χ3n) is 8.80. The number of fused-ring (bicyclic) bond motifs is 6. The summed E-state index contributed by atoms with van der Waals surface area (Å²) in [7, 11) is 0. The lowest BCUT2D eigenvalue weighted by molar-refractivity contribution is 1.18. The zero-order chi connectivity index (χ0) is 30.5. The Morgan fingerprint density at radius 1 is 0.457 bits per heavy atom. The van der Waals surface area contributed by atoms with Gasteiger partial charge in [-0.15, -0.1) is 0 Å². The van der Waals surface area contributed by atoms with Crippen LogP contribution < -0.4 is 4.90 Å². The topological polar surface area (TPSA) is 34.0 Å². The van der Waals surface area contributed by atoms with Crippen molar-refractivity contribution in [2.24, 2.45) is 0 Å². The molecule has 0 aliphatic carbocycles. The van der Waals surface area contributed by atoms with Gasteiger partial charge in [-0.1, -0.05) is 91.0 Å². The van der Waals surface area contributed by atoms with Crippen LogP contribution in [-0.2, 0) is 0 Å². The molecule has 0 bridgehead atoms. The summed E-state index contributed by atoms with van der Waals surface area (Å²) in [6.45, 7) is 0. The number of anilines is 3. The number of rotatable bonds is 5. The number of aromatic nitrogens is 3. The number of hydrogen-bond acceptors (Lipinski definition) is 3. The summed E-state index contributed by atoms with van der Waals surface area (Å²) in [5.41, 5.74) is 10.7. The Kier molecular flexibility index (Phi) is 6.10. The lowest BCUT2D eigenvalue weighted by Gasteiger charge is -2.25. The van der Waals surface area contributed by atoms with Crippen molar-refractivity contribution in [2.75, 3.05) is 4.90 Å². The van der Waals surface area contributed by atoms with Gasteiger partial charge in [-0.3, -0.25) is 4.98 Å². The monoisotopic (exact) mass is 588 g/mol. The van der Waals surface area contributed by atoms with Gasteiger partial charge in [0.1, 0.15) is 0 Å². The van der Waals surface area contributed by atoms with E-state index in [4.69, 9.17) is 4.98 Å². The van der Waals surface area contributed by atoms with E-state index in [0.29, 0.717) is 0 Å². The second-order valence-corrected chi connectivity index (χ2v) is 11.5. The van der Waals surface area contributed by atoms with Gasteiger partial charge in [0.05, 0.1) is 27.8 Å². The summed E-state index contributed by atoms with van der Waals surface area (Å²) in [5, 5.41) is 4.62. The maximum absolute atomic E-state index is 5.07. The van der Waals surface area contributed by atoms with E-state index < -0.39 is 0 Å². The maximum Gasteiger partial charge on any atom is 0.0972 e. The second-order valence-electron chi connectivity index (χ2n) is 11.5. The van der Waals surface area contributed by atoms with E-state index in [9.17, 15) is 0 Å². The van der Waals surface area contributed by atoms with Gasteiger partial charge in [-0.05, 0) is 72.8 Å². The fourth-order valence-electron chi connectivity index (χ4n) is 6.65. The number of hydrogen-bond donors (Lipinski definition) is 0. The molecule has 0 fully saturated rings. The van der Waals surface area contributed by atoms with Gasteiger partial charge >= 0.3 is 0 Å². The van der Waals surface area contributed by atoms with Crippen LogP contribution in [0, 0.1) is 0 Å². The molecule has 0 amide bonds. The van der Waals surface area contributed by atoms with E-state index in [2.05, 4.69) is 172 Å². The fourth-order valence-corrected chi connectivity index (χ4v) is 6.65. The average molecular weight is 589 g/mol. The zero-order valence-corrected chi connectivity index (χ0v) is 25.0. The highest BCUT2D eigenvalue weighted by molar-refractivity contribution is 6.10. The first-order chi connectivity index (χ1) is 22.8. The third-order valence-corrected chi connectivity index (χ3v) is 8.80. The van der Waals surface area contributed by atoms with E-state index >= 15 is 0 Å². The van der Waals surface area contributed by atoms with Crippen molar-refractivity contribution in [1.29, 1.82) is 0 Å². The molecular formula is C42H28N4. The van der Waals surface area contributed by atoms with Crippen molar-refractivity contribution in [1.82, 2.24) is 14.5 Å². The van der Waals surface area contributed by atoms with E-state index in [1.165, 1.54) is 21.8 Å². The van der Waals surface area contributed by atoms with Crippen molar-refractivity contribution in [2.45, 2.75) is 0 Å². The first-order valence-electron chi connectivity index (χ1n) is 15.5. The molecule has 0 aliphatic rings. The molecule has 4 heteroatoms. The first-order valence-corrected chi connectivity index (χ1v) is 15.5. The number of benzene rings is 6. The van der Waals surface area contributed by atoms with Crippen LogP contribution in [-0.4, -0.2) is 14.5 Å². The second kappa shape index (κ2) is 10.7. The Hall–Kier alpha value is -6.26. The van der Waals surface area contributed by atoms with Gasteiger partial charge in [0.15, 0.2) is 0 Å². The molecule has 0 saturated heterocycles. The minimum atomic E-state index is 0.929. The first kappa shape index (κ1) is 26.2. The molecule has 0 atom stereocenters. The SMILES string of the molecule is c1ccc(N(c2ccccc2)c2ccc3c(c2)c2ccccc2n3-c2ccc(-c3ccc4ccc5cccnc5c4n3)cc2)cc1. The quantitative estimate of drug-likeness (QED) is 0.188. The lowest BCUT2D eigenvalue weighted by Crippen LogP contribution is -2.09. The predicted molar refractivity (Wildman–Crippen MR) is 192 cm³/mol. The van der Waals surface area contributed by atoms with Crippen molar-refractivity contribution < 1.29 is 0 Å². The Morgan fingerprint density at radius 2 is 1.11 bits per heavy atom. The largest absolute Gasteiger partial charge is 0.310 e. The van der Waals surface area contributed by atoms with Crippen LogP contribution in [0.1, 0.15) is 0 Å². The maximum atomic E-state index is 5.07. The predicted octanol–water partition coefficient (Wildman–Crippen LogP) is 11.0. The van der Waals surface area contributed by atoms with Gasteiger partial charge in [0.25, 0.3) is 0 Å². The molecule has 46 heavy (non-hydrogen) atoms. The minimum Gasteiger partial charge on any atom is -0.310 e. The van der Waals surface area contributed by atoms with E-state index in [1.807, 2.05) is 12.3 Å². The summed E-state index contributed by atoms with van der Waals surface area (Å²) >= 11 is 0. The van der Waals surface area contributed by atoms with Crippen LogP contribution in [0.3, 0.4) is 0 Å². The molecule has 216 valence electrons. The Bertz CT molecular complexity index is 2480. The molecule has 0 radical (unpaired) electrons.